The fraction of sp³-hybridized carbons (Fsp3) is 1.00. The molecule has 1 N–H and O–H groups in total. The number of rotatable bonds is 3. The van der Waals surface area contributed by atoms with Crippen molar-refractivity contribution in [1.82, 2.24) is 4.90 Å². The van der Waals surface area contributed by atoms with E-state index in [2.05, 4.69) is 18.9 Å². The summed E-state index contributed by atoms with van der Waals surface area (Å²) in [6.45, 7) is 4.01. The standard InChI is InChI=1S/C10H21NO/c1-3-11(2)9-10(12)7-5-4-6-8-10/h12H,3-9H2,1-2H3. The zero-order chi connectivity index (χ0) is 9.03. The molecular formula is C10H21NO. The van der Waals surface area contributed by atoms with Crippen LogP contribution in [0.15, 0.2) is 0 Å². The Bertz CT molecular complexity index is 130. The lowest BCUT2D eigenvalue weighted by Gasteiger charge is -2.35. The van der Waals surface area contributed by atoms with E-state index in [9.17, 15) is 5.11 Å². The van der Waals surface area contributed by atoms with Crippen molar-refractivity contribution in [3.05, 3.63) is 0 Å². The molecule has 1 aliphatic carbocycles. The van der Waals surface area contributed by atoms with Crippen LogP contribution in [0.2, 0.25) is 0 Å². The van der Waals surface area contributed by atoms with Gasteiger partial charge in [0.15, 0.2) is 0 Å². The van der Waals surface area contributed by atoms with Crippen molar-refractivity contribution in [1.29, 1.82) is 0 Å². The Morgan fingerprint density at radius 1 is 1.25 bits per heavy atom. The van der Waals surface area contributed by atoms with Crippen LogP contribution in [0.4, 0.5) is 0 Å². The van der Waals surface area contributed by atoms with E-state index in [1.807, 2.05) is 0 Å². The van der Waals surface area contributed by atoms with Crippen molar-refractivity contribution in [2.75, 3.05) is 20.1 Å². The van der Waals surface area contributed by atoms with Crippen LogP contribution < -0.4 is 0 Å². The highest BCUT2D eigenvalue weighted by Gasteiger charge is 2.29. The van der Waals surface area contributed by atoms with Crippen molar-refractivity contribution in [2.45, 2.75) is 44.6 Å². The molecule has 0 aliphatic heterocycles. The number of hydrogen-bond donors (Lipinski definition) is 1. The van der Waals surface area contributed by atoms with Gasteiger partial charge in [-0.3, -0.25) is 0 Å². The van der Waals surface area contributed by atoms with Gasteiger partial charge in [-0.2, -0.15) is 0 Å². The normalized spacial score (nSPS) is 23.0. The van der Waals surface area contributed by atoms with E-state index in [1.54, 1.807) is 0 Å². The molecule has 2 nitrogen and oxygen atoms in total. The van der Waals surface area contributed by atoms with Gasteiger partial charge < -0.3 is 10.0 Å². The molecule has 1 fully saturated rings. The predicted molar refractivity (Wildman–Crippen MR) is 51.2 cm³/mol. The van der Waals surface area contributed by atoms with E-state index >= 15 is 0 Å². The summed E-state index contributed by atoms with van der Waals surface area (Å²) in [5.74, 6) is 0. The third-order valence-corrected chi connectivity index (χ3v) is 2.89. The summed E-state index contributed by atoms with van der Waals surface area (Å²) in [7, 11) is 2.08. The first-order valence-corrected chi connectivity index (χ1v) is 5.07. The number of likely N-dealkylation sites (N-methyl/N-ethyl adjacent to an activating group) is 1. The van der Waals surface area contributed by atoms with Crippen LogP contribution >= 0.6 is 0 Å². The maximum absolute atomic E-state index is 10.1. The van der Waals surface area contributed by atoms with E-state index in [1.165, 1.54) is 19.3 Å². The summed E-state index contributed by atoms with van der Waals surface area (Å²) in [6.07, 6.45) is 5.70. The van der Waals surface area contributed by atoms with Crippen molar-refractivity contribution in [3.63, 3.8) is 0 Å². The molecular weight excluding hydrogens is 150 g/mol. The summed E-state index contributed by atoms with van der Waals surface area (Å²) < 4.78 is 0. The minimum atomic E-state index is -0.372. The molecule has 0 bridgehead atoms. The fourth-order valence-electron chi connectivity index (χ4n) is 1.98. The number of nitrogens with zero attached hydrogens (tertiary/aromatic N) is 1. The SMILES string of the molecule is CCN(C)CC1(O)CCCCC1. The lowest BCUT2D eigenvalue weighted by molar-refractivity contribution is -0.0198. The monoisotopic (exact) mass is 171 g/mol. The Labute approximate surface area is 75.6 Å². The first-order valence-electron chi connectivity index (χ1n) is 5.07. The van der Waals surface area contributed by atoms with E-state index in [-0.39, 0.29) is 5.60 Å². The molecule has 0 aromatic heterocycles. The Morgan fingerprint density at radius 3 is 2.33 bits per heavy atom. The molecule has 2 heteroatoms. The van der Waals surface area contributed by atoms with Gasteiger partial charge in [0.2, 0.25) is 0 Å². The van der Waals surface area contributed by atoms with E-state index < -0.39 is 0 Å². The molecule has 72 valence electrons. The van der Waals surface area contributed by atoms with Gasteiger partial charge in [0.25, 0.3) is 0 Å². The second-order valence-corrected chi connectivity index (χ2v) is 4.12. The van der Waals surface area contributed by atoms with Crippen LogP contribution in [0.5, 0.6) is 0 Å². The van der Waals surface area contributed by atoms with Gasteiger partial charge in [-0.25, -0.2) is 0 Å². The van der Waals surface area contributed by atoms with Gasteiger partial charge in [0.1, 0.15) is 0 Å². The van der Waals surface area contributed by atoms with Crippen LogP contribution in [0, 0.1) is 0 Å². The van der Waals surface area contributed by atoms with Crippen LogP contribution in [-0.4, -0.2) is 35.7 Å². The molecule has 0 unspecified atom stereocenters. The van der Waals surface area contributed by atoms with Gasteiger partial charge >= 0.3 is 0 Å². The summed E-state index contributed by atoms with van der Waals surface area (Å²) in [5.41, 5.74) is -0.372. The lowest BCUT2D eigenvalue weighted by atomic mass is 9.84. The van der Waals surface area contributed by atoms with E-state index in [0.29, 0.717) is 0 Å². The summed E-state index contributed by atoms with van der Waals surface area (Å²) in [6, 6.07) is 0. The van der Waals surface area contributed by atoms with Crippen molar-refractivity contribution in [2.24, 2.45) is 0 Å². The molecule has 0 amide bonds. The highest BCUT2D eigenvalue weighted by atomic mass is 16.3. The second kappa shape index (κ2) is 4.24. The number of hydrogen-bond acceptors (Lipinski definition) is 2. The third-order valence-electron chi connectivity index (χ3n) is 2.89. The average Bonchev–Trinajstić information content (AvgIpc) is 2.05. The molecule has 0 radical (unpaired) electrons. The smallest absolute Gasteiger partial charge is 0.0774 e. The molecule has 0 atom stereocenters. The predicted octanol–water partition coefficient (Wildman–Crippen LogP) is 1.63. The zero-order valence-electron chi connectivity index (χ0n) is 8.34. The molecule has 1 rings (SSSR count). The van der Waals surface area contributed by atoms with Crippen LogP contribution in [0.25, 0.3) is 0 Å². The molecule has 1 aliphatic rings. The van der Waals surface area contributed by atoms with Gasteiger partial charge in [-0.1, -0.05) is 26.2 Å². The highest BCUT2D eigenvalue weighted by molar-refractivity contribution is 4.84. The summed E-state index contributed by atoms with van der Waals surface area (Å²) in [4.78, 5) is 2.20. The van der Waals surface area contributed by atoms with Gasteiger partial charge in [-0.05, 0) is 26.4 Å². The summed E-state index contributed by atoms with van der Waals surface area (Å²) in [5, 5.41) is 10.1. The molecule has 12 heavy (non-hydrogen) atoms. The minimum Gasteiger partial charge on any atom is -0.389 e. The molecule has 0 heterocycles. The molecule has 0 saturated heterocycles. The first kappa shape index (κ1) is 10.0. The summed E-state index contributed by atoms with van der Waals surface area (Å²) >= 11 is 0. The van der Waals surface area contributed by atoms with Gasteiger partial charge in [0, 0.05) is 6.54 Å². The fourth-order valence-corrected chi connectivity index (χ4v) is 1.98. The first-order chi connectivity index (χ1) is 5.66. The third kappa shape index (κ3) is 2.76. The molecule has 0 spiro atoms. The Hall–Kier alpha value is -0.0800. The largest absolute Gasteiger partial charge is 0.389 e. The van der Waals surface area contributed by atoms with Crippen LogP contribution in [0.1, 0.15) is 39.0 Å². The maximum atomic E-state index is 10.1. The quantitative estimate of drug-likeness (QED) is 0.697. The zero-order valence-corrected chi connectivity index (χ0v) is 8.34. The van der Waals surface area contributed by atoms with Crippen molar-refractivity contribution < 1.29 is 5.11 Å². The highest BCUT2D eigenvalue weighted by Crippen LogP contribution is 2.28. The van der Waals surface area contributed by atoms with Crippen LogP contribution in [0.3, 0.4) is 0 Å². The Morgan fingerprint density at radius 2 is 1.83 bits per heavy atom. The van der Waals surface area contributed by atoms with E-state index in [0.717, 1.165) is 25.9 Å². The lowest BCUT2D eigenvalue weighted by Crippen LogP contribution is -2.42. The second-order valence-electron chi connectivity index (χ2n) is 4.12. The van der Waals surface area contributed by atoms with E-state index in [4.69, 9.17) is 0 Å². The molecule has 0 aromatic carbocycles. The van der Waals surface area contributed by atoms with Crippen molar-refractivity contribution >= 4 is 0 Å². The van der Waals surface area contributed by atoms with Gasteiger partial charge in [-0.15, -0.1) is 0 Å². The number of aliphatic hydroxyl groups is 1. The Balaban J connectivity index is 2.35. The van der Waals surface area contributed by atoms with Gasteiger partial charge in [0.05, 0.1) is 5.60 Å². The Kier molecular flexibility index (Phi) is 3.53. The topological polar surface area (TPSA) is 23.5 Å². The molecule has 1 saturated carbocycles. The average molecular weight is 171 g/mol. The molecule has 0 aromatic rings. The van der Waals surface area contributed by atoms with Crippen molar-refractivity contribution in [3.8, 4) is 0 Å². The van der Waals surface area contributed by atoms with Crippen LogP contribution in [-0.2, 0) is 0 Å². The maximum Gasteiger partial charge on any atom is 0.0774 e. The minimum absolute atomic E-state index is 0.372.